The topological polar surface area (TPSA) is 62.4 Å². The Morgan fingerprint density at radius 1 is 1.32 bits per heavy atom. The predicted octanol–water partition coefficient (Wildman–Crippen LogP) is 2.69. The van der Waals surface area contributed by atoms with Crippen molar-refractivity contribution in [2.45, 2.75) is 62.6 Å². The van der Waals surface area contributed by atoms with Gasteiger partial charge in [0.15, 0.2) is 5.82 Å². The average Bonchev–Trinajstić information content (AvgIpc) is 2.89. The summed E-state index contributed by atoms with van der Waals surface area (Å²) in [5, 5.41) is 13.9. The van der Waals surface area contributed by atoms with Crippen LogP contribution in [0.3, 0.4) is 0 Å². The molecule has 25 heavy (non-hydrogen) atoms. The number of hydrogen-bond donors (Lipinski definition) is 1. The van der Waals surface area contributed by atoms with E-state index in [9.17, 15) is 18.3 Å². The van der Waals surface area contributed by atoms with Crippen LogP contribution in [-0.4, -0.2) is 52.1 Å². The Bertz CT molecular complexity index is 617. The molecule has 4 rings (SSSR count). The molecule has 3 aliphatic rings. The van der Waals surface area contributed by atoms with Gasteiger partial charge in [0.2, 0.25) is 5.89 Å². The van der Waals surface area contributed by atoms with E-state index < -0.39 is 18.7 Å². The third kappa shape index (κ3) is 3.69. The molecule has 2 saturated carbocycles. The number of fused-ring (bicyclic) bond motifs is 1. The molecule has 2 heterocycles. The molecule has 0 amide bonds. The lowest BCUT2D eigenvalue weighted by Gasteiger charge is -2.25. The van der Waals surface area contributed by atoms with Crippen LogP contribution >= 0.6 is 0 Å². The number of nitrogens with zero attached hydrogens (tertiary/aromatic N) is 3. The molecule has 1 N–H and O–H groups in total. The van der Waals surface area contributed by atoms with E-state index in [0.29, 0.717) is 30.8 Å². The number of alkyl halides is 3. The Kier molecular flexibility index (Phi) is 4.30. The molecule has 3 fully saturated rings. The molecule has 1 saturated heterocycles. The van der Waals surface area contributed by atoms with Crippen molar-refractivity contribution in [3.05, 3.63) is 11.7 Å². The molecule has 0 bridgehead atoms. The first-order valence-electron chi connectivity index (χ1n) is 9.14. The summed E-state index contributed by atoms with van der Waals surface area (Å²) in [6.07, 6.45) is -0.554. The third-order valence-electron chi connectivity index (χ3n) is 5.94. The van der Waals surface area contributed by atoms with Crippen molar-refractivity contribution in [3.63, 3.8) is 0 Å². The lowest BCUT2D eigenvalue weighted by Crippen LogP contribution is -2.36. The first kappa shape index (κ1) is 17.3. The van der Waals surface area contributed by atoms with Gasteiger partial charge in [-0.3, -0.25) is 4.90 Å². The van der Waals surface area contributed by atoms with Crippen LogP contribution in [0.4, 0.5) is 13.2 Å². The molecule has 1 aromatic heterocycles. The number of aliphatic hydroxyl groups excluding tert-OH is 1. The van der Waals surface area contributed by atoms with Gasteiger partial charge in [-0.1, -0.05) is 11.6 Å². The number of aromatic nitrogens is 2. The molecule has 1 aromatic rings. The van der Waals surface area contributed by atoms with Crippen LogP contribution in [0.15, 0.2) is 4.52 Å². The van der Waals surface area contributed by atoms with E-state index in [-0.39, 0.29) is 12.0 Å². The third-order valence-corrected chi connectivity index (χ3v) is 5.94. The Morgan fingerprint density at radius 2 is 2.12 bits per heavy atom. The number of likely N-dealkylation sites (tertiary alicyclic amines) is 1. The predicted molar refractivity (Wildman–Crippen MR) is 82.9 cm³/mol. The molecule has 3 atom stereocenters. The highest BCUT2D eigenvalue weighted by Gasteiger charge is 2.54. The van der Waals surface area contributed by atoms with E-state index in [2.05, 4.69) is 10.1 Å². The van der Waals surface area contributed by atoms with Gasteiger partial charge in [0, 0.05) is 26.1 Å². The van der Waals surface area contributed by atoms with Crippen LogP contribution in [-0.2, 0) is 11.8 Å². The average molecular weight is 359 g/mol. The van der Waals surface area contributed by atoms with Crippen molar-refractivity contribution < 1.29 is 22.8 Å². The van der Waals surface area contributed by atoms with E-state index in [4.69, 9.17) is 4.52 Å². The minimum absolute atomic E-state index is 0.0425. The Morgan fingerprint density at radius 3 is 2.84 bits per heavy atom. The molecule has 0 spiro atoms. The SMILES string of the molecule is O[C@H](CN1C[C@H]2CCC[C@@]2(c2nc(CC3CC3)no2)C1)CC(F)(F)F. The first-order valence-corrected chi connectivity index (χ1v) is 9.14. The van der Waals surface area contributed by atoms with Gasteiger partial charge in [0.1, 0.15) is 0 Å². The second-order valence-electron chi connectivity index (χ2n) is 8.08. The normalized spacial score (nSPS) is 31.4. The standard InChI is InChI=1S/C17H24F3N3O2/c18-17(19,20)7-13(24)9-23-8-12-2-1-5-16(12,10-23)15-21-14(22-25-15)6-11-3-4-11/h11-13,24H,1-10H2/t12-,13+,16-/m1/s1. The highest BCUT2D eigenvalue weighted by atomic mass is 19.4. The van der Waals surface area contributed by atoms with Crippen molar-refractivity contribution in [3.8, 4) is 0 Å². The minimum atomic E-state index is -4.34. The highest BCUT2D eigenvalue weighted by Crippen LogP contribution is 2.50. The van der Waals surface area contributed by atoms with Gasteiger partial charge in [-0.2, -0.15) is 18.2 Å². The first-order chi connectivity index (χ1) is 11.8. The summed E-state index contributed by atoms with van der Waals surface area (Å²) < 4.78 is 42.9. The van der Waals surface area contributed by atoms with Crippen LogP contribution in [0.2, 0.25) is 0 Å². The summed E-state index contributed by atoms with van der Waals surface area (Å²) in [6, 6.07) is 0. The van der Waals surface area contributed by atoms with Gasteiger partial charge in [0.05, 0.1) is 17.9 Å². The molecule has 140 valence electrons. The van der Waals surface area contributed by atoms with Crippen LogP contribution in [0.1, 0.15) is 50.2 Å². The van der Waals surface area contributed by atoms with E-state index in [1.54, 1.807) is 0 Å². The highest BCUT2D eigenvalue weighted by molar-refractivity contribution is 5.17. The summed E-state index contributed by atoms with van der Waals surface area (Å²) in [7, 11) is 0. The summed E-state index contributed by atoms with van der Waals surface area (Å²) in [5.41, 5.74) is -0.243. The van der Waals surface area contributed by atoms with Crippen molar-refractivity contribution in [1.29, 1.82) is 0 Å². The van der Waals surface area contributed by atoms with Crippen molar-refractivity contribution in [1.82, 2.24) is 15.0 Å². The van der Waals surface area contributed by atoms with Crippen LogP contribution in [0.5, 0.6) is 0 Å². The van der Waals surface area contributed by atoms with Gasteiger partial charge in [-0.05, 0) is 37.5 Å². The van der Waals surface area contributed by atoms with Crippen LogP contribution < -0.4 is 0 Å². The molecule has 1 aliphatic heterocycles. The van der Waals surface area contributed by atoms with E-state index in [1.165, 1.54) is 12.8 Å². The Hall–Kier alpha value is -1.15. The number of β-amino-alcohol motifs (C(OH)–C–C–N with tert-alkyl or cyclic N) is 1. The lowest BCUT2D eigenvalue weighted by molar-refractivity contribution is -0.155. The van der Waals surface area contributed by atoms with Gasteiger partial charge < -0.3 is 9.63 Å². The quantitative estimate of drug-likeness (QED) is 0.846. The number of aliphatic hydroxyl groups is 1. The van der Waals surface area contributed by atoms with E-state index >= 15 is 0 Å². The molecular weight excluding hydrogens is 335 g/mol. The van der Waals surface area contributed by atoms with Crippen LogP contribution in [0.25, 0.3) is 0 Å². The van der Waals surface area contributed by atoms with E-state index in [0.717, 1.165) is 31.5 Å². The second-order valence-corrected chi connectivity index (χ2v) is 8.08. The fourth-order valence-electron chi connectivity index (χ4n) is 4.63. The number of hydrogen-bond acceptors (Lipinski definition) is 5. The van der Waals surface area contributed by atoms with Gasteiger partial charge in [-0.15, -0.1) is 0 Å². The zero-order valence-electron chi connectivity index (χ0n) is 14.1. The van der Waals surface area contributed by atoms with Crippen molar-refractivity contribution in [2.75, 3.05) is 19.6 Å². The summed E-state index contributed by atoms with van der Waals surface area (Å²) in [4.78, 5) is 6.57. The number of rotatable bonds is 6. The van der Waals surface area contributed by atoms with Crippen molar-refractivity contribution in [2.24, 2.45) is 11.8 Å². The van der Waals surface area contributed by atoms with Gasteiger partial charge in [0.25, 0.3) is 0 Å². The molecular formula is C17H24F3N3O2. The maximum absolute atomic E-state index is 12.5. The maximum Gasteiger partial charge on any atom is 0.391 e. The smallest absolute Gasteiger partial charge is 0.391 e. The van der Waals surface area contributed by atoms with E-state index in [1.807, 2.05) is 4.90 Å². The number of halogens is 3. The fraction of sp³-hybridized carbons (Fsp3) is 0.882. The maximum atomic E-state index is 12.5. The summed E-state index contributed by atoms with van der Waals surface area (Å²) >= 11 is 0. The largest absolute Gasteiger partial charge is 0.391 e. The molecule has 2 aliphatic carbocycles. The minimum Gasteiger partial charge on any atom is -0.391 e. The molecule has 0 unspecified atom stereocenters. The Balaban J connectivity index is 1.44. The monoisotopic (exact) mass is 359 g/mol. The molecule has 5 nitrogen and oxygen atoms in total. The van der Waals surface area contributed by atoms with Crippen molar-refractivity contribution >= 4 is 0 Å². The molecule has 0 radical (unpaired) electrons. The summed E-state index contributed by atoms with van der Waals surface area (Å²) in [6.45, 7) is 1.33. The zero-order valence-corrected chi connectivity index (χ0v) is 14.1. The molecule has 0 aromatic carbocycles. The van der Waals surface area contributed by atoms with Gasteiger partial charge in [-0.25, -0.2) is 0 Å². The zero-order chi connectivity index (χ0) is 17.7. The lowest BCUT2D eigenvalue weighted by atomic mass is 9.80. The molecule has 8 heteroatoms. The second kappa shape index (κ2) is 6.23. The van der Waals surface area contributed by atoms with Gasteiger partial charge >= 0.3 is 6.18 Å². The summed E-state index contributed by atoms with van der Waals surface area (Å²) in [5.74, 6) is 2.41. The fourth-order valence-corrected chi connectivity index (χ4v) is 4.63. The Labute approximate surface area is 144 Å². The van der Waals surface area contributed by atoms with Crippen LogP contribution in [0, 0.1) is 11.8 Å².